The van der Waals surface area contributed by atoms with Crippen LogP contribution in [0.25, 0.3) is 0 Å². The van der Waals surface area contributed by atoms with E-state index < -0.39 is 12.0 Å². The van der Waals surface area contributed by atoms with Crippen LogP contribution >= 0.6 is 12.4 Å². The first-order valence-corrected chi connectivity index (χ1v) is 6.89. The highest BCUT2D eigenvalue weighted by Crippen LogP contribution is 2.10. The molecule has 0 aromatic rings. The first-order chi connectivity index (χ1) is 9.04. The molecule has 1 rings (SSSR count). The SMILES string of the molecule is CCCN(CC(=O)O)C(C)C(=O)NCC1CCCO1.Cl. The second kappa shape index (κ2) is 9.96. The van der Waals surface area contributed by atoms with Gasteiger partial charge in [0.15, 0.2) is 0 Å². The van der Waals surface area contributed by atoms with Crippen LogP contribution < -0.4 is 5.32 Å². The highest BCUT2D eigenvalue weighted by molar-refractivity contribution is 5.85. The summed E-state index contributed by atoms with van der Waals surface area (Å²) in [6, 6.07) is -0.433. The van der Waals surface area contributed by atoms with Crippen molar-refractivity contribution < 1.29 is 19.4 Å². The minimum atomic E-state index is -0.910. The fraction of sp³-hybridized carbons (Fsp3) is 0.846. The first-order valence-electron chi connectivity index (χ1n) is 6.89. The summed E-state index contributed by atoms with van der Waals surface area (Å²) in [7, 11) is 0. The van der Waals surface area contributed by atoms with E-state index in [1.165, 1.54) is 0 Å². The summed E-state index contributed by atoms with van der Waals surface area (Å²) < 4.78 is 5.43. The minimum absolute atomic E-state index is 0. The molecule has 1 fully saturated rings. The number of rotatable bonds is 8. The van der Waals surface area contributed by atoms with E-state index in [4.69, 9.17) is 9.84 Å². The third-order valence-electron chi connectivity index (χ3n) is 3.30. The summed E-state index contributed by atoms with van der Waals surface area (Å²) in [6.07, 6.45) is 2.94. The molecule has 2 atom stereocenters. The van der Waals surface area contributed by atoms with E-state index in [2.05, 4.69) is 5.32 Å². The number of ether oxygens (including phenoxy) is 1. The summed E-state index contributed by atoms with van der Waals surface area (Å²) in [6.45, 7) is 5.46. The van der Waals surface area contributed by atoms with Crippen LogP contribution in [0.4, 0.5) is 0 Å². The number of nitrogens with zero attached hydrogens (tertiary/aromatic N) is 1. The molecule has 7 heteroatoms. The predicted octanol–water partition coefficient (Wildman–Crippen LogP) is 0.888. The Morgan fingerprint density at radius 2 is 2.20 bits per heavy atom. The monoisotopic (exact) mass is 308 g/mol. The molecule has 118 valence electrons. The molecule has 0 saturated carbocycles. The van der Waals surface area contributed by atoms with Crippen molar-refractivity contribution >= 4 is 24.3 Å². The predicted molar refractivity (Wildman–Crippen MR) is 78.2 cm³/mol. The average molecular weight is 309 g/mol. The standard InChI is InChI=1S/C13H24N2O4.ClH/c1-3-6-15(9-12(16)17)10(2)13(18)14-8-11-5-4-7-19-11;/h10-11H,3-9H2,1-2H3,(H,14,18)(H,16,17);1H. The Hall–Kier alpha value is -0.850. The molecule has 0 spiro atoms. The highest BCUT2D eigenvalue weighted by Gasteiger charge is 2.24. The zero-order chi connectivity index (χ0) is 14.3. The molecular weight excluding hydrogens is 284 g/mol. The average Bonchev–Trinajstić information content (AvgIpc) is 2.87. The van der Waals surface area contributed by atoms with Gasteiger partial charge in [-0.25, -0.2) is 0 Å². The van der Waals surface area contributed by atoms with Crippen molar-refractivity contribution in [2.24, 2.45) is 0 Å². The van der Waals surface area contributed by atoms with Crippen molar-refractivity contribution in [3.05, 3.63) is 0 Å². The van der Waals surface area contributed by atoms with Gasteiger partial charge in [0.1, 0.15) is 0 Å². The third kappa shape index (κ3) is 6.54. The molecule has 20 heavy (non-hydrogen) atoms. The lowest BCUT2D eigenvalue weighted by Gasteiger charge is -2.26. The van der Waals surface area contributed by atoms with Crippen LogP contribution in [0.5, 0.6) is 0 Å². The molecule has 1 aliphatic rings. The number of carbonyl (C=O) groups is 2. The smallest absolute Gasteiger partial charge is 0.317 e. The molecule has 2 N–H and O–H groups in total. The number of carbonyl (C=O) groups excluding carboxylic acids is 1. The number of hydrogen-bond donors (Lipinski definition) is 2. The molecule has 1 aliphatic heterocycles. The molecule has 2 unspecified atom stereocenters. The largest absolute Gasteiger partial charge is 0.480 e. The van der Waals surface area contributed by atoms with Gasteiger partial charge in [-0.3, -0.25) is 14.5 Å². The van der Waals surface area contributed by atoms with Crippen LogP contribution in [-0.2, 0) is 14.3 Å². The summed E-state index contributed by atoms with van der Waals surface area (Å²) in [4.78, 5) is 24.5. The Balaban J connectivity index is 0.00000361. The Morgan fingerprint density at radius 3 is 2.70 bits per heavy atom. The van der Waals surface area contributed by atoms with E-state index in [-0.39, 0.29) is 31.0 Å². The van der Waals surface area contributed by atoms with Crippen LogP contribution in [0.15, 0.2) is 0 Å². The Labute approximate surface area is 126 Å². The zero-order valence-electron chi connectivity index (χ0n) is 12.1. The van der Waals surface area contributed by atoms with Gasteiger partial charge < -0.3 is 15.2 Å². The van der Waals surface area contributed by atoms with Crippen molar-refractivity contribution in [3.8, 4) is 0 Å². The summed E-state index contributed by atoms with van der Waals surface area (Å²) in [5.41, 5.74) is 0. The summed E-state index contributed by atoms with van der Waals surface area (Å²) >= 11 is 0. The first kappa shape index (κ1) is 19.1. The van der Waals surface area contributed by atoms with Gasteiger partial charge >= 0.3 is 5.97 Å². The molecule has 0 radical (unpaired) electrons. The van der Waals surface area contributed by atoms with Crippen LogP contribution in [0.3, 0.4) is 0 Å². The van der Waals surface area contributed by atoms with Gasteiger partial charge in [0, 0.05) is 13.2 Å². The molecule has 0 aliphatic carbocycles. The van der Waals surface area contributed by atoms with Crippen molar-refractivity contribution in [2.75, 3.05) is 26.2 Å². The van der Waals surface area contributed by atoms with E-state index in [1.54, 1.807) is 11.8 Å². The van der Waals surface area contributed by atoms with Gasteiger partial charge in [-0.1, -0.05) is 6.92 Å². The number of aliphatic carboxylic acids is 1. The van der Waals surface area contributed by atoms with Crippen molar-refractivity contribution in [3.63, 3.8) is 0 Å². The maximum Gasteiger partial charge on any atom is 0.317 e. The Kier molecular flexibility index (Phi) is 9.54. The van der Waals surface area contributed by atoms with E-state index in [1.807, 2.05) is 6.92 Å². The molecule has 6 nitrogen and oxygen atoms in total. The van der Waals surface area contributed by atoms with Gasteiger partial charge in [0.2, 0.25) is 5.91 Å². The number of nitrogens with one attached hydrogen (secondary N) is 1. The lowest BCUT2D eigenvalue weighted by molar-refractivity contribution is -0.139. The molecule has 1 heterocycles. The van der Waals surface area contributed by atoms with Gasteiger partial charge in [0.05, 0.1) is 18.7 Å². The summed E-state index contributed by atoms with van der Waals surface area (Å²) in [5.74, 6) is -1.04. The lowest BCUT2D eigenvalue weighted by Crippen LogP contribution is -2.48. The Morgan fingerprint density at radius 1 is 1.50 bits per heavy atom. The van der Waals surface area contributed by atoms with E-state index >= 15 is 0 Å². The van der Waals surface area contributed by atoms with E-state index in [9.17, 15) is 9.59 Å². The van der Waals surface area contributed by atoms with Gasteiger partial charge in [-0.05, 0) is 32.7 Å². The molecule has 0 bridgehead atoms. The van der Waals surface area contributed by atoms with Gasteiger partial charge in [0.25, 0.3) is 0 Å². The van der Waals surface area contributed by atoms with E-state index in [0.29, 0.717) is 13.1 Å². The Bertz CT molecular complexity index is 309. The molecule has 0 aromatic carbocycles. The normalized spacial score (nSPS) is 19.4. The second-order valence-electron chi connectivity index (χ2n) is 4.92. The number of hydrogen-bond acceptors (Lipinski definition) is 4. The number of carboxylic acids is 1. The van der Waals surface area contributed by atoms with Crippen LogP contribution in [0.2, 0.25) is 0 Å². The van der Waals surface area contributed by atoms with Crippen LogP contribution in [0.1, 0.15) is 33.1 Å². The van der Waals surface area contributed by atoms with E-state index in [0.717, 1.165) is 25.9 Å². The molecule has 0 aromatic heterocycles. The maximum atomic E-state index is 12.0. The fourth-order valence-electron chi connectivity index (χ4n) is 2.20. The van der Waals surface area contributed by atoms with Crippen molar-refractivity contribution in [2.45, 2.75) is 45.3 Å². The van der Waals surface area contributed by atoms with Gasteiger partial charge in [-0.15, -0.1) is 12.4 Å². The molecular formula is C13H25ClN2O4. The lowest BCUT2D eigenvalue weighted by atomic mass is 10.2. The van der Waals surface area contributed by atoms with Gasteiger partial charge in [-0.2, -0.15) is 0 Å². The fourth-order valence-corrected chi connectivity index (χ4v) is 2.20. The number of amides is 1. The maximum absolute atomic E-state index is 12.0. The number of halogens is 1. The highest BCUT2D eigenvalue weighted by atomic mass is 35.5. The quantitative estimate of drug-likeness (QED) is 0.696. The van der Waals surface area contributed by atoms with Crippen molar-refractivity contribution in [1.29, 1.82) is 0 Å². The summed E-state index contributed by atoms with van der Waals surface area (Å²) in [5, 5.41) is 11.7. The second-order valence-corrected chi connectivity index (χ2v) is 4.92. The molecule has 1 saturated heterocycles. The zero-order valence-corrected chi connectivity index (χ0v) is 12.9. The van der Waals surface area contributed by atoms with Crippen LogP contribution in [-0.4, -0.2) is 60.3 Å². The van der Waals surface area contributed by atoms with Crippen molar-refractivity contribution in [1.82, 2.24) is 10.2 Å². The third-order valence-corrected chi connectivity index (χ3v) is 3.30. The van der Waals surface area contributed by atoms with Crippen LogP contribution in [0, 0.1) is 0 Å². The minimum Gasteiger partial charge on any atom is -0.480 e. The number of carboxylic acid groups (broad SMARTS) is 1. The molecule has 1 amide bonds. The topological polar surface area (TPSA) is 78.9 Å².